The van der Waals surface area contributed by atoms with E-state index in [1.54, 1.807) is 16.3 Å². The molecule has 8 heteroatoms. The summed E-state index contributed by atoms with van der Waals surface area (Å²) >= 11 is 0. The molecule has 4 aromatic rings. The molecule has 0 N–H and O–H groups in total. The lowest BCUT2D eigenvalue weighted by Crippen LogP contribution is -2.36. The number of carbonyl (C=O) groups excluding carboxylic acids is 1. The average Bonchev–Trinajstić information content (AvgIpc) is 3.39. The minimum atomic E-state index is 0.352. The molecule has 0 spiro atoms. The van der Waals surface area contributed by atoms with E-state index in [4.69, 9.17) is 14.8 Å². The molecule has 0 radical (unpaired) electrons. The molecule has 8 nitrogen and oxygen atoms in total. The number of fused-ring (bicyclic) bond motifs is 1. The predicted octanol–water partition coefficient (Wildman–Crippen LogP) is 2.78. The van der Waals surface area contributed by atoms with E-state index in [0.29, 0.717) is 30.5 Å². The number of hydrogen-bond acceptors (Lipinski definition) is 6. The standard InChI is InChI=1S/C22H22N6O2/c1-15-4-3-5-16(12-15)17-6-7-28(25-17)19-13-18(27-8-10-30-11-9-27)21-22(24-19)26(2)20(14-29)23-21/h3-7,12-14H,8-11H2,1-2H3. The summed E-state index contributed by atoms with van der Waals surface area (Å²) < 4.78 is 9.00. The number of aldehydes is 1. The Morgan fingerprint density at radius 1 is 1.10 bits per heavy atom. The lowest BCUT2D eigenvalue weighted by atomic mass is 10.1. The highest BCUT2D eigenvalue weighted by molar-refractivity contribution is 5.91. The minimum Gasteiger partial charge on any atom is -0.378 e. The molecular weight excluding hydrogens is 380 g/mol. The minimum absolute atomic E-state index is 0.352. The zero-order chi connectivity index (χ0) is 20.7. The van der Waals surface area contributed by atoms with Crippen LogP contribution < -0.4 is 4.90 Å². The number of aromatic nitrogens is 5. The zero-order valence-corrected chi connectivity index (χ0v) is 16.9. The van der Waals surface area contributed by atoms with Gasteiger partial charge in [-0.2, -0.15) is 5.10 Å². The number of hydrogen-bond donors (Lipinski definition) is 0. The topological polar surface area (TPSA) is 78.1 Å². The molecule has 1 aromatic carbocycles. The summed E-state index contributed by atoms with van der Waals surface area (Å²) in [6.07, 6.45) is 2.67. The number of pyridine rings is 1. The Bertz CT molecular complexity index is 1240. The second-order valence-corrected chi connectivity index (χ2v) is 7.43. The predicted molar refractivity (Wildman–Crippen MR) is 114 cm³/mol. The van der Waals surface area contributed by atoms with Gasteiger partial charge < -0.3 is 14.2 Å². The number of carbonyl (C=O) groups is 1. The Balaban J connectivity index is 1.64. The molecule has 0 amide bonds. The second kappa shape index (κ2) is 7.38. The third-order valence-electron chi connectivity index (χ3n) is 5.42. The van der Waals surface area contributed by atoms with Crippen LogP contribution >= 0.6 is 0 Å². The molecule has 0 atom stereocenters. The molecule has 0 aliphatic carbocycles. The summed E-state index contributed by atoms with van der Waals surface area (Å²) in [4.78, 5) is 23.0. The molecule has 4 heterocycles. The van der Waals surface area contributed by atoms with Crippen molar-refractivity contribution in [3.8, 4) is 17.1 Å². The summed E-state index contributed by atoms with van der Waals surface area (Å²) in [5.41, 5.74) is 5.45. The van der Waals surface area contributed by atoms with Crippen LogP contribution in [0.1, 0.15) is 16.2 Å². The number of morpholine rings is 1. The quantitative estimate of drug-likeness (QED) is 0.489. The normalized spacial score (nSPS) is 14.4. The fourth-order valence-corrected chi connectivity index (χ4v) is 3.82. The van der Waals surface area contributed by atoms with Crippen molar-refractivity contribution in [2.24, 2.45) is 7.05 Å². The summed E-state index contributed by atoms with van der Waals surface area (Å²) in [6.45, 7) is 4.91. The van der Waals surface area contributed by atoms with Gasteiger partial charge in [-0.05, 0) is 19.1 Å². The van der Waals surface area contributed by atoms with Crippen LogP contribution in [0, 0.1) is 6.92 Å². The van der Waals surface area contributed by atoms with Gasteiger partial charge in [0, 0.05) is 38.0 Å². The summed E-state index contributed by atoms with van der Waals surface area (Å²) in [6, 6.07) is 12.2. The summed E-state index contributed by atoms with van der Waals surface area (Å²) in [5.74, 6) is 1.04. The van der Waals surface area contributed by atoms with Crippen LogP contribution in [0.4, 0.5) is 5.69 Å². The van der Waals surface area contributed by atoms with Gasteiger partial charge in [-0.3, -0.25) is 4.79 Å². The van der Waals surface area contributed by atoms with Crippen LogP contribution in [0.5, 0.6) is 0 Å². The average molecular weight is 402 g/mol. The molecule has 3 aromatic heterocycles. The van der Waals surface area contributed by atoms with Crippen molar-refractivity contribution in [1.82, 2.24) is 24.3 Å². The Hall–Kier alpha value is -3.52. The van der Waals surface area contributed by atoms with Crippen molar-refractivity contribution in [3.05, 3.63) is 54.0 Å². The highest BCUT2D eigenvalue weighted by Crippen LogP contribution is 2.29. The number of nitrogens with zero attached hydrogens (tertiary/aromatic N) is 6. The highest BCUT2D eigenvalue weighted by Gasteiger charge is 2.21. The largest absolute Gasteiger partial charge is 0.378 e. The van der Waals surface area contributed by atoms with Gasteiger partial charge in [0.25, 0.3) is 0 Å². The highest BCUT2D eigenvalue weighted by atomic mass is 16.5. The van der Waals surface area contributed by atoms with E-state index in [9.17, 15) is 4.79 Å². The molecule has 1 aliphatic heterocycles. The van der Waals surface area contributed by atoms with Gasteiger partial charge in [-0.15, -0.1) is 0 Å². The Morgan fingerprint density at radius 3 is 2.70 bits per heavy atom. The number of imidazole rings is 1. The zero-order valence-electron chi connectivity index (χ0n) is 16.9. The van der Waals surface area contributed by atoms with Crippen LogP contribution in [0.2, 0.25) is 0 Å². The molecular formula is C22H22N6O2. The number of benzene rings is 1. The van der Waals surface area contributed by atoms with Gasteiger partial charge in [0.05, 0.1) is 24.6 Å². The fraction of sp³-hybridized carbons (Fsp3) is 0.273. The van der Waals surface area contributed by atoms with Gasteiger partial charge in [0.1, 0.15) is 5.52 Å². The first-order valence-electron chi connectivity index (χ1n) is 9.92. The molecule has 0 bridgehead atoms. The summed E-state index contributed by atoms with van der Waals surface area (Å²) in [5, 5.41) is 4.75. The first-order chi connectivity index (χ1) is 14.6. The first-order valence-corrected chi connectivity index (χ1v) is 9.92. The van der Waals surface area contributed by atoms with Crippen molar-refractivity contribution in [1.29, 1.82) is 0 Å². The van der Waals surface area contributed by atoms with Crippen LogP contribution in [0.15, 0.2) is 42.6 Å². The van der Waals surface area contributed by atoms with Crippen LogP contribution in [-0.4, -0.2) is 56.9 Å². The Labute approximate surface area is 173 Å². The van der Waals surface area contributed by atoms with Gasteiger partial charge in [-0.1, -0.05) is 23.8 Å². The van der Waals surface area contributed by atoms with Crippen molar-refractivity contribution in [2.45, 2.75) is 6.92 Å². The molecule has 0 saturated carbocycles. The Morgan fingerprint density at radius 2 is 1.93 bits per heavy atom. The van der Waals surface area contributed by atoms with Gasteiger partial charge in [-0.25, -0.2) is 14.6 Å². The molecule has 1 fully saturated rings. The fourth-order valence-electron chi connectivity index (χ4n) is 3.82. The van der Waals surface area contributed by atoms with E-state index in [1.165, 1.54) is 5.56 Å². The smallest absolute Gasteiger partial charge is 0.185 e. The van der Waals surface area contributed by atoms with Crippen LogP contribution in [0.3, 0.4) is 0 Å². The van der Waals surface area contributed by atoms with E-state index in [2.05, 4.69) is 28.9 Å². The van der Waals surface area contributed by atoms with Crippen molar-refractivity contribution < 1.29 is 9.53 Å². The molecule has 30 heavy (non-hydrogen) atoms. The van der Waals surface area contributed by atoms with Gasteiger partial charge >= 0.3 is 0 Å². The van der Waals surface area contributed by atoms with Crippen LogP contribution in [0.25, 0.3) is 28.2 Å². The van der Waals surface area contributed by atoms with E-state index in [0.717, 1.165) is 41.8 Å². The number of ether oxygens (including phenoxy) is 1. The van der Waals surface area contributed by atoms with Crippen molar-refractivity contribution in [3.63, 3.8) is 0 Å². The third-order valence-corrected chi connectivity index (χ3v) is 5.42. The molecule has 1 saturated heterocycles. The maximum atomic E-state index is 11.5. The second-order valence-electron chi connectivity index (χ2n) is 7.43. The van der Waals surface area contributed by atoms with Crippen LogP contribution in [-0.2, 0) is 11.8 Å². The molecule has 152 valence electrons. The number of rotatable bonds is 4. The Kier molecular flexibility index (Phi) is 4.55. The van der Waals surface area contributed by atoms with Gasteiger partial charge in [0.2, 0.25) is 0 Å². The van der Waals surface area contributed by atoms with E-state index < -0.39 is 0 Å². The van der Waals surface area contributed by atoms with Crippen molar-refractivity contribution >= 4 is 23.1 Å². The third kappa shape index (κ3) is 3.15. The lowest BCUT2D eigenvalue weighted by molar-refractivity contribution is 0.111. The summed E-state index contributed by atoms with van der Waals surface area (Å²) in [7, 11) is 1.81. The van der Waals surface area contributed by atoms with Gasteiger partial charge in [0.15, 0.2) is 23.6 Å². The van der Waals surface area contributed by atoms with E-state index >= 15 is 0 Å². The SMILES string of the molecule is Cc1cccc(-c2ccn(-c3cc(N4CCOCC4)c4nc(C=O)n(C)c4n3)n2)c1. The number of aryl methyl sites for hydroxylation is 2. The lowest BCUT2D eigenvalue weighted by Gasteiger charge is -2.29. The number of anilines is 1. The maximum absolute atomic E-state index is 11.5. The van der Waals surface area contributed by atoms with E-state index in [-0.39, 0.29) is 0 Å². The van der Waals surface area contributed by atoms with Crippen molar-refractivity contribution in [2.75, 3.05) is 31.2 Å². The first kappa shape index (κ1) is 18.5. The molecule has 1 aliphatic rings. The molecule has 5 rings (SSSR count). The van der Waals surface area contributed by atoms with E-state index in [1.807, 2.05) is 30.5 Å². The molecule has 0 unspecified atom stereocenters. The monoisotopic (exact) mass is 402 g/mol. The maximum Gasteiger partial charge on any atom is 0.185 e.